The largest absolute Gasteiger partial charge is 0.508 e. The molecule has 1 nitrogen and oxygen atoms in total. The molecule has 0 atom stereocenters. The smallest absolute Gasteiger partial charge is 0.119 e. The van der Waals surface area contributed by atoms with E-state index in [1.165, 1.54) is 5.56 Å². The fraction of sp³-hybridized carbons (Fsp3) is 0.333. The van der Waals surface area contributed by atoms with Gasteiger partial charge in [-0.05, 0) is 44.9 Å². The summed E-state index contributed by atoms with van der Waals surface area (Å²) in [4.78, 5) is 0. The highest BCUT2D eigenvalue weighted by Crippen LogP contribution is 2.22. The van der Waals surface area contributed by atoms with Gasteiger partial charge in [0.1, 0.15) is 5.76 Å². The zero-order valence-electron chi connectivity index (χ0n) is 8.68. The molecule has 0 spiro atoms. The van der Waals surface area contributed by atoms with Crippen LogP contribution in [0, 0.1) is 20.8 Å². The number of hydrogen-bond donors (Lipinski definition) is 1. The first-order valence-corrected chi connectivity index (χ1v) is 4.49. The second-order valence-corrected chi connectivity index (χ2v) is 3.45. The number of aryl methyl sites for hydroxylation is 3. The molecule has 0 aliphatic carbocycles. The van der Waals surface area contributed by atoms with Crippen molar-refractivity contribution in [1.82, 2.24) is 0 Å². The predicted molar refractivity (Wildman–Crippen MR) is 56.9 cm³/mol. The first-order valence-electron chi connectivity index (χ1n) is 4.49. The van der Waals surface area contributed by atoms with Gasteiger partial charge in [-0.3, -0.25) is 0 Å². The molecule has 70 valence electrons. The predicted octanol–water partition coefficient (Wildman–Crippen LogP) is 3.53. The quantitative estimate of drug-likeness (QED) is 0.649. The van der Waals surface area contributed by atoms with Gasteiger partial charge in [-0.25, -0.2) is 0 Å². The van der Waals surface area contributed by atoms with Crippen molar-refractivity contribution >= 4 is 5.76 Å². The van der Waals surface area contributed by atoms with Gasteiger partial charge in [0, 0.05) is 5.56 Å². The maximum atomic E-state index is 9.64. The van der Waals surface area contributed by atoms with E-state index >= 15 is 0 Å². The van der Waals surface area contributed by atoms with Crippen molar-refractivity contribution in [3.63, 3.8) is 0 Å². The number of rotatable bonds is 1. The Morgan fingerprint density at radius 2 is 1.62 bits per heavy atom. The third-order valence-electron chi connectivity index (χ3n) is 2.21. The van der Waals surface area contributed by atoms with Crippen LogP contribution in [0.5, 0.6) is 0 Å². The lowest BCUT2D eigenvalue weighted by Crippen LogP contribution is -1.93. The van der Waals surface area contributed by atoms with E-state index in [1.807, 2.05) is 20.8 Å². The SMILES string of the molecule is C/C=C(\O)c1c(C)cc(C)cc1C. The van der Waals surface area contributed by atoms with E-state index in [2.05, 4.69) is 19.1 Å². The van der Waals surface area contributed by atoms with Crippen molar-refractivity contribution in [3.8, 4) is 0 Å². The molecule has 0 radical (unpaired) electrons. The number of aliphatic hydroxyl groups excluding tert-OH is 1. The Bertz CT molecular complexity index is 325. The first-order chi connectivity index (χ1) is 6.06. The van der Waals surface area contributed by atoms with Gasteiger partial charge in [0.25, 0.3) is 0 Å². The molecule has 0 aliphatic heterocycles. The van der Waals surface area contributed by atoms with Gasteiger partial charge in [0.15, 0.2) is 0 Å². The lowest BCUT2D eigenvalue weighted by molar-refractivity contribution is 0.509. The minimum absolute atomic E-state index is 0.370. The number of hydrogen-bond acceptors (Lipinski definition) is 1. The summed E-state index contributed by atoms with van der Waals surface area (Å²) in [5.41, 5.74) is 4.47. The van der Waals surface area contributed by atoms with E-state index in [4.69, 9.17) is 0 Å². The minimum Gasteiger partial charge on any atom is -0.508 e. The van der Waals surface area contributed by atoms with Crippen molar-refractivity contribution in [2.75, 3.05) is 0 Å². The van der Waals surface area contributed by atoms with Crippen LogP contribution in [0.2, 0.25) is 0 Å². The number of aliphatic hydroxyl groups is 1. The summed E-state index contributed by atoms with van der Waals surface area (Å²) in [5.74, 6) is 0.370. The molecule has 1 aromatic carbocycles. The van der Waals surface area contributed by atoms with E-state index in [0.717, 1.165) is 16.7 Å². The molecule has 0 amide bonds. The summed E-state index contributed by atoms with van der Waals surface area (Å²) in [6.45, 7) is 7.95. The van der Waals surface area contributed by atoms with E-state index in [-0.39, 0.29) is 0 Å². The highest BCUT2D eigenvalue weighted by Gasteiger charge is 2.06. The van der Waals surface area contributed by atoms with Crippen molar-refractivity contribution < 1.29 is 5.11 Å². The van der Waals surface area contributed by atoms with Crippen LogP contribution in [0.15, 0.2) is 18.2 Å². The zero-order chi connectivity index (χ0) is 10.0. The number of benzene rings is 1. The third-order valence-corrected chi connectivity index (χ3v) is 2.21. The van der Waals surface area contributed by atoms with Gasteiger partial charge in [-0.15, -0.1) is 0 Å². The Hall–Kier alpha value is -1.24. The molecule has 0 aliphatic rings. The average molecular weight is 176 g/mol. The van der Waals surface area contributed by atoms with Gasteiger partial charge in [-0.2, -0.15) is 0 Å². The van der Waals surface area contributed by atoms with Gasteiger partial charge < -0.3 is 5.11 Å². The van der Waals surface area contributed by atoms with Crippen LogP contribution in [0.25, 0.3) is 5.76 Å². The lowest BCUT2D eigenvalue weighted by atomic mass is 9.98. The van der Waals surface area contributed by atoms with Gasteiger partial charge in [0.05, 0.1) is 0 Å². The van der Waals surface area contributed by atoms with Gasteiger partial charge >= 0.3 is 0 Å². The van der Waals surface area contributed by atoms with Crippen molar-refractivity contribution in [3.05, 3.63) is 40.5 Å². The molecular weight excluding hydrogens is 160 g/mol. The molecule has 0 saturated heterocycles. The van der Waals surface area contributed by atoms with Crippen LogP contribution in [0.4, 0.5) is 0 Å². The van der Waals surface area contributed by atoms with Crippen LogP contribution in [0.3, 0.4) is 0 Å². The second kappa shape index (κ2) is 3.65. The minimum atomic E-state index is 0.370. The molecule has 0 aromatic heterocycles. The van der Waals surface area contributed by atoms with E-state index < -0.39 is 0 Å². The van der Waals surface area contributed by atoms with Crippen LogP contribution >= 0.6 is 0 Å². The van der Waals surface area contributed by atoms with Crippen molar-refractivity contribution in [2.45, 2.75) is 27.7 Å². The summed E-state index contributed by atoms with van der Waals surface area (Å²) in [5, 5.41) is 9.64. The maximum Gasteiger partial charge on any atom is 0.119 e. The fourth-order valence-electron chi connectivity index (χ4n) is 1.73. The Kier molecular flexibility index (Phi) is 2.76. The Labute approximate surface area is 79.7 Å². The average Bonchev–Trinajstić information content (AvgIpc) is 2.02. The molecule has 0 fully saturated rings. The fourth-order valence-corrected chi connectivity index (χ4v) is 1.73. The molecule has 13 heavy (non-hydrogen) atoms. The molecule has 1 N–H and O–H groups in total. The molecular formula is C12H16O. The zero-order valence-corrected chi connectivity index (χ0v) is 8.68. The molecule has 1 aromatic rings. The molecule has 0 unspecified atom stereocenters. The Morgan fingerprint density at radius 3 is 2.00 bits per heavy atom. The van der Waals surface area contributed by atoms with Crippen LogP contribution < -0.4 is 0 Å². The standard InChI is InChI=1S/C12H16O/c1-5-11(13)12-9(3)6-8(2)7-10(12)4/h5-7,13H,1-4H3/b11-5-. The summed E-state index contributed by atoms with van der Waals surface area (Å²) < 4.78 is 0. The third kappa shape index (κ3) is 1.92. The Balaban J connectivity index is 3.37. The summed E-state index contributed by atoms with van der Waals surface area (Å²) >= 11 is 0. The highest BCUT2D eigenvalue weighted by atomic mass is 16.3. The monoisotopic (exact) mass is 176 g/mol. The summed E-state index contributed by atoms with van der Waals surface area (Å²) in [6.07, 6.45) is 1.73. The maximum absolute atomic E-state index is 9.64. The van der Waals surface area contributed by atoms with E-state index in [9.17, 15) is 5.11 Å². The van der Waals surface area contributed by atoms with Crippen LogP contribution in [-0.2, 0) is 0 Å². The highest BCUT2D eigenvalue weighted by molar-refractivity contribution is 5.65. The van der Waals surface area contributed by atoms with Crippen LogP contribution in [0.1, 0.15) is 29.2 Å². The van der Waals surface area contributed by atoms with Gasteiger partial charge in [0.2, 0.25) is 0 Å². The normalized spacial score (nSPS) is 11.8. The number of allylic oxidation sites excluding steroid dienone is 1. The van der Waals surface area contributed by atoms with Crippen LogP contribution in [-0.4, -0.2) is 5.11 Å². The topological polar surface area (TPSA) is 20.2 Å². The molecule has 0 heterocycles. The van der Waals surface area contributed by atoms with Gasteiger partial charge in [-0.1, -0.05) is 17.7 Å². The summed E-state index contributed by atoms with van der Waals surface area (Å²) in [6, 6.07) is 4.17. The first kappa shape index (κ1) is 9.85. The van der Waals surface area contributed by atoms with Crippen molar-refractivity contribution in [2.24, 2.45) is 0 Å². The Morgan fingerprint density at radius 1 is 1.15 bits per heavy atom. The van der Waals surface area contributed by atoms with Crippen molar-refractivity contribution in [1.29, 1.82) is 0 Å². The van der Waals surface area contributed by atoms with E-state index in [0.29, 0.717) is 5.76 Å². The lowest BCUT2D eigenvalue weighted by Gasteiger charge is -2.09. The molecule has 1 rings (SSSR count). The van der Waals surface area contributed by atoms with E-state index in [1.54, 1.807) is 6.08 Å². The molecule has 0 saturated carbocycles. The summed E-state index contributed by atoms with van der Waals surface area (Å²) in [7, 11) is 0. The molecule has 1 heteroatoms. The molecule has 0 bridgehead atoms. The second-order valence-electron chi connectivity index (χ2n) is 3.45.